The predicted molar refractivity (Wildman–Crippen MR) is 96.9 cm³/mol. The van der Waals surface area contributed by atoms with Crippen molar-refractivity contribution in [1.82, 2.24) is 0 Å². The van der Waals surface area contributed by atoms with Gasteiger partial charge in [0, 0.05) is 4.91 Å². The van der Waals surface area contributed by atoms with E-state index in [1.54, 1.807) is 24.3 Å². The van der Waals surface area contributed by atoms with Gasteiger partial charge in [-0.1, -0.05) is 41.6 Å². The highest BCUT2D eigenvalue weighted by Gasteiger charge is 2.22. The van der Waals surface area contributed by atoms with Crippen LogP contribution in [0.1, 0.15) is 11.1 Å². The number of hydrogen-bond acceptors (Lipinski definition) is 5. The summed E-state index contributed by atoms with van der Waals surface area (Å²) in [6.07, 6.45) is 0.873. The van der Waals surface area contributed by atoms with Crippen molar-refractivity contribution in [2.24, 2.45) is 4.99 Å². The molecule has 1 aliphatic heterocycles. The average Bonchev–Trinajstić information content (AvgIpc) is 2.82. The third-order valence-electron chi connectivity index (χ3n) is 3.25. The summed E-state index contributed by atoms with van der Waals surface area (Å²) < 4.78 is 0. The fourth-order valence-electron chi connectivity index (χ4n) is 2.14. The molecule has 0 saturated carbocycles. The van der Waals surface area contributed by atoms with Crippen LogP contribution in [-0.4, -0.2) is 21.6 Å². The Morgan fingerprint density at radius 3 is 2.83 bits per heavy atom. The van der Waals surface area contributed by atoms with Gasteiger partial charge in [-0.15, -0.1) is 0 Å². The summed E-state index contributed by atoms with van der Waals surface area (Å²) >= 11 is 7.53. The number of nitrogens with zero attached hydrogens (tertiary/aromatic N) is 1. The molecule has 6 heteroatoms. The second-order valence-electron chi connectivity index (χ2n) is 5.16. The third-order valence-corrected chi connectivity index (χ3v) is 4.53. The molecule has 0 spiro atoms. The summed E-state index contributed by atoms with van der Waals surface area (Å²) in [5.41, 5.74) is 2.62. The maximum Gasteiger partial charge on any atom is 0.180 e. The number of aryl methyl sites for hydroxylation is 1. The molecular formula is C17H15ClN2O2S. The average molecular weight is 347 g/mol. The molecule has 0 aliphatic carbocycles. The first kappa shape index (κ1) is 15.9. The number of aliphatic hydroxyl groups excluding tert-OH is 1. The Morgan fingerprint density at radius 2 is 2.09 bits per heavy atom. The number of aliphatic imine (C=N–C) groups is 1. The summed E-state index contributed by atoms with van der Waals surface area (Å²) in [6, 6.07) is 12.5. The van der Waals surface area contributed by atoms with Gasteiger partial charge in [-0.25, -0.2) is 4.99 Å². The van der Waals surface area contributed by atoms with Gasteiger partial charge in [0.15, 0.2) is 11.4 Å². The van der Waals surface area contributed by atoms with Gasteiger partial charge in [-0.05, 0) is 48.4 Å². The van der Waals surface area contributed by atoms with E-state index < -0.39 is 6.23 Å². The highest BCUT2D eigenvalue weighted by molar-refractivity contribution is 8.17. The summed E-state index contributed by atoms with van der Waals surface area (Å²) in [4.78, 5) is 4.86. The van der Waals surface area contributed by atoms with Crippen LogP contribution < -0.4 is 5.32 Å². The number of thioether (sulfide) groups is 1. The Balaban J connectivity index is 1.76. The van der Waals surface area contributed by atoms with Crippen molar-refractivity contribution in [1.29, 1.82) is 0 Å². The van der Waals surface area contributed by atoms with Gasteiger partial charge in [-0.3, -0.25) is 0 Å². The smallest absolute Gasteiger partial charge is 0.180 e. The van der Waals surface area contributed by atoms with Crippen molar-refractivity contribution >= 4 is 40.3 Å². The molecule has 3 N–H and O–H groups in total. The van der Waals surface area contributed by atoms with Crippen LogP contribution in [0.15, 0.2) is 52.4 Å². The minimum absolute atomic E-state index is 0.183. The number of amidine groups is 1. The number of aromatic hydroxyl groups is 1. The van der Waals surface area contributed by atoms with Crippen molar-refractivity contribution in [3.63, 3.8) is 0 Å². The van der Waals surface area contributed by atoms with Gasteiger partial charge in [0.25, 0.3) is 0 Å². The summed E-state index contributed by atoms with van der Waals surface area (Å²) in [5.74, 6) is 0.183. The lowest BCUT2D eigenvalue weighted by atomic mass is 10.2. The van der Waals surface area contributed by atoms with Gasteiger partial charge in [0.05, 0.1) is 10.7 Å². The molecule has 0 bridgehead atoms. The molecule has 3 rings (SSSR count). The fourth-order valence-corrected chi connectivity index (χ4v) is 3.31. The molecule has 1 heterocycles. The highest BCUT2D eigenvalue weighted by Crippen LogP contribution is 2.33. The van der Waals surface area contributed by atoms with E-state index in [9.17, 15) is 10.2 Å². The minimum Gasteiger partial charge on any atom is -0.508 e. The topological polar surface area (TPSA) is 64.9 Å². The molecule has 1 unspecified atom stereocenters. The maximum absolute atomic E-state index is 10.1. The number of phenolic OH excluding ortho intramolecular Hbond substituents is 1. The molecule has 0 amide bonds. The van der Waals surface area contributed by atoms with Crippen LogP contribution >= 0.6 is 23.4 Å². The molecule has 0 radical (unpaired) electrons. The monoisotopic (exact) mass is 346 g/mol. The molecule has 23 heavy (non-hydrogen) atoms. The zero-order chi connectivity index (χ0) is 16.4. The van der Waals surface area contributed by atoms with Crippen molar-refractivity contribution < 1.29 is 10.2 Å². The summed E-state index contributed by atoms with van der Waals surface area (Å²) in [6.45, 7) is 1.97. The number of rotatable bonds is 2. The number of phenols is 1. The van der Waals surface area contributed by atoms with Gasteiger partial charge in [0.1, 0.15) is 5.75 Å². The first-order valence-corrected chi connectivity index (χ1v) is 8.18. The first-order valence-electron chi connectivity index (χ1n) is 6.99. The van der Waals surface area contributed by atoms with Crippen LogP contribution in [0.5, 0.6) is 5.75 Å². The Hall–Kier alpha value is -1.95. The molecule has 118 valence electrons. The van der Waals surface area contributed by atoms with Crippen molar-refractivity contribution in [2.45, 2.75) is 13.2 Å². The van der Waals surface area contributed by atoms with Crippen molar-refractivity contribution in [3.8, 4) is 5.75 Å². The van der Waals surface area contributed by atoms with Gasteiger partial charge in [-0.2, -0.15) is 0 Å². The lowest BCUT2D eigenvalue weighted by Gasteiger charge is -2.07. The van der Waals surface area contributed by atoms with Gasteiger partial charge in [0.2, 0.25) is 0 Å². The third kappa shape index (κ3) is 3.88. The van der Waals surface area contributed by atoms with E-state index in [0.29, 0.717) is 15.1 Å². The zero-order valence-electron chi connectivity index (χ0n) is 12.3. The standard InChI is InChI=1S/C17H15ClN2O2S/c1-10-5-6-14(13(18)7-10)19-17-20-16(22)15(23-17)9-11-3-2-4-12(21)8-11/h2-9,16,21-22H,1H3,(H,19,20)/b15-9-. The van der Waals surface area contributed by atoms with Gasteiger partial charge >= 0.3 is 0 Å². The number of nitrogens with one attached hydrogen (secondary N) is 1. The first-order chi connectivity index (χ1) is 11.0. The number of aliphatic hydroxyl groups is 1. The van der Waals surface area contributed by atoms with Crippen LogP contribution in [0.3, 0.4) is 0 Å². The minimum atomic E-state index is -0.922. The van der Waals surface area contributed by atoms with E-state index in [1.165, 1.54) is 11.8 Å². The Bertz CT molecular complexity index is 805. The number of anilines is 1. The van der Waals surface area contributed by atoms with Crippen LogP contribution in [0.25, 0.3) is 6.08 Å². The Kier molecular flexibility index (Phi) is 4.61. The normalized spacial score (nSPS) is 19.0. The molecule has 2 aromatic carbocycles. The number of benzene rings is 2. The van der Waals surface area contributed by atoms with E-state index in [0.717, 1.165) is 16.8 Å². The van der Waals surface area contributed by atoms with Crippen molar-refractivity contribution in [2.75, 3.05) is 5.32 Å². The molecular weight excluding hydrogens is 332 g/mol. The van der Waals surface area contributed by atoms with Crippen LogP contribution in [0.4, 0.5) is 5.69 Å². The molecule has 4 nitrogen and oxygen atoms in total. The summed E-state index contributed by atoms with van der Waals surface area (Å²) in [5, 5.41) is 23.9. The quantitative estimate of drug-likeness (QED) is 0.761. The summed E-state index contributed by atoms with van der Waals surface area (Å²) in [7, 11) is 0. The number of hydrogen-bond donors (Lipinski definition) is 3. The van der Waals surface area contributed by atoms with E-state index in [2.05, 4.69) is 10.3 Å². The molecule has 1 atom stereocenters. The molecule has 0 fully saturated rings. The fraction of sp³-hybridized carbons (Fsp3) is 0.118. The number of halogens is 1. The van der Waals surface area contributed by atoms with Crippen molar-refractivity contribution in [3.05, 3.63) is 63.5 Å². The molecule has 1 aliphatic rings. The predicted octanol–water partition coefficient (Wildman–Crippen LogP) is 4.23. The van der Waals surface area contributed by atoms with E-state index in [4.69, 9.17) is 11.6 Å². The Labute approximate surface area is 143 Å². The lowest BCUT2D eigenvalue weighted by Crippen LogP contribution is -2.05. The van der Waals surface area contributed by atoms with E-state index in [1.807, 2.05) is 31.2 Å². The second kappa shape index (κ2) is 6.66. The lowest BCUT2D eigenvalue weighted by molar-refractivity contribution is 0.233. The SMILES string of the molecule is Cc1ccc(NC2=NC(O)/C(=C/c3cccc(O)c3)S2)c(Cl)c1. The second-order valence-corrected chi connectivity index (χ2v) is 6.63. The van der Waals surface area contributed by atoms with Crippen LogP contribution in [0.2, 0.25) is 5.02 Å². The highest BCUT2D eigenvalue weighted by atomic mass is 35.5. The molecule has 0 aromatic heterocycles. The van der Waals surface area contributed by atoms with E-state index >= 15 is 0 Å². The van der Waals surface area contributed by atoms with Crippen LogP contribution in [-0.2, 0) is 0 Å². The zero-order valence-corrected chi connectivity index (χ0v) is 13.9. The maximum atomic E-state index is 10.1. The van der Waals surface area contributed by atoms with Gasteiger partial charge < -0.3 is 15.5 Å². The van der Waals surface area contributed by atoms with E-state index in [-0.39, 0.29) is 5.75 Å². The molecule has 2 aromatic rings. The largest absolute Gasteiger partial charge is 0.508 e. The molecule has 0 saturated heterocycles. The Morgan fingerprint density at radius 1 is 1.26 bits per heavy atom. The van der Waals surface area contributed by atoms with Crippen LogP contribution in [0, 0.1) is 6.92 Å².